The predicted octanol–water partition coefficient (Wildman–Crippen LogP) is 1.32. The SMILES string of the molecule is NC(=O)CCC(NC(=O)Nc1cc(F)cc(Cl)c1)C(=O)O. The molecule has 0 saturated carbocycles. The molecule has 1 aromatic rings. The van der Waals surface area contributed by atoms with Gasteiger partial charge >= 0.3 is 12.0 Å². The van der Waals surface area contributed by atoms with Crippen molar-refractivity contribution in [2.75, 3.05) is 5.32 Å². The van der Waals surface area contributed by atoms with E-state index in [0.29, 0.717) is 0 Å². The second kappa shape index (κ2) is 7.44. The van der Waals surface area contributed by atoms with Crippen molar-refractivity contribution in [3.63, 3.8) is 0 Å². The fraction of sp³-hybridized carbons (Fsp3) is 0.250. The zero-order chi connectivity index (χ0) is 16.0. The van der Waals surface area contributed by atoms with Gasteiger partial charge in [-0.2, -0.15) is 0 Å². The van der Waals surface area contributed by atoms with Gasteiger partial charge in [0.25, 0.3) is 0 Å². The summed E-state index contributed by atoms with van der Waals surface area (Å²) >= 11 is 5.62. The van der Waals surface area contributed by atoms with E-state index in [1.54, 1.807) is 0 Å². The van der Waals surface area contributed by atoms with Gasteiger partial charge < -0.3 is 21.5 Å². The monoisotopic (exact) mass is 317 g/mol. The molecule has 1 unspecified atom stereocenters. The Kier molecular flexibility index (Phi) is 5.92. The lowest BCUT2D eigenvalue weighted by molar-refractivity contribution is -0.139. The first-order valence-corrected chi connectivity index (χ1v) is 6.20. The first kappa shape index (κ1) is 16.7. The maximum atomic E-state index is 13.1. The topological polar surface area (TPSA) is 122 Å². The van der Waals surface area contributed by atoms with Crippen LogP contribution in [0.5, 0.6) is 0 Å². The Morgan fingerprint density at radius 2 is 2.00 bits per heavy atom. The Balaban J connectivity index is 2.65. The van der Waals surface area contributed by atoms with Gasteiger partial charge in [0.2, 0.25) is 5.91 Å². The quantitative estimate of drug-likeness (QED) is 0.632. The number of primary amides is 1. The molecule has 0 bridgehead atoms. The van der Waals surface area contributed by atoms with E-state index < -0.39 is 29.8 Å². The molecule has 0 aliphatic rings. The number of halogens is 2. The number of anilines is 1. The van der Waals surface area contributed by atoms with E-state index in [-0.39, 0.29) is 23.6 Å². The number of hydrogen-bond acceptors (Lipinski definition) is 3. The lowest BCUT2D eigenvalue weighted by Crippen LogP contribution is -2.43. The number of nitrogens with one attached hydrogen (secondary N) is 2. The Labute approximate surface area is 124 Å². The highest BCUT2D eigenvalue weighted by atomic mass is 35.5. The number of aliphatic carboxylic acids is 1. The van der Waals surface area contributed by atoms with Crippen molar-refractivity contribution in [2.24, 2.45) is 5.73 Å². The highest BCUT2D eigenvalue weighted by molar-refractivity contribution is 6.30. The van der Waals surface area contributed by atoms with Crippen molar-refractivity contribution >= 4 is 35.2 Å². The summed E-state index contributed by atoms with van der Waals surface area (Å²) in [6.07, 6.45) is -0.342. The molecule has 0 saturated heterocycles. The number of amides is 3. The fourth-order valence-corrected chi connectivity index (χ4v) is 1.72. The molecule has 1 atom stereocenters. The first-order valence-electron chi connectivity index (χ1n) is 5.82. The number of carboxylic acid groups (broad SMARTS) is 1. The van der Waals surface area contributed by atoms with Crippen molar-refractivity contribution in [1.29, 1.82) is 0 Å². The van der Waals surface area contributed by atoms with Gasteiger partial charge in [0.1, 0.15) is 11.9 Å². The molecule has 114 valence electrons. The maximum absolute atomic E-state index is 13.1. The van der Waals surface area contributed by atoms with Gasteiger partial charge in [-0.3, -0.25) is 4.79 Å². The van der Waals surface area contributed by atoms with Crippen LogP contribution in [0.3, 0.4) is 0 Å². The van der Waals surface area contributed by atoms with Crippen LogP contribution in [0.2, 0.25) is 5.02 Å². The summed E-state index contributed by atoms with van der Waals surface area (Å²) in [7, 11) is 0. The van der Waals surface area contributed by atoms with Crippen molar-refractivity contribution in [2.45, 2.75) is 18.9 Å². The van der Waals surface area contributed by atoms with Gasteiger partial charge in [-0.15, -0.1) is 0 Å². The van der Waals surface area contributed by atoms with Crippen molar-refractivity contribution in [3.8, 4) is 0 Å². The van der Waals surface area contributed by atoms with Crippen LogP contribution >= 0.6 is 11.6 Å². The molecule has 0 aromatic heterocycles. The highest BCUT2D eigenvalue weighted by Gasteiger charge is 2.20. The molecule has 0 fully saturated rings. The Morgan fingerprint density at radius 1 is 1.33 bits per heavy atom. The van der Waals surface area contributed by atoms with Gasteiger partial charge in [-0.25, -0.2) is 14.0 Å². The number of carboxylic acids is 1. The fourth-order valence-electron chi connectivity index (χ4n) is 1.50. The molecule has 0 aliphatic carbocycles. The van der Waals surface area contributed by atoms with Crippen LogP contribution in [0.4, 0.5) is 14.9 Å². The maximum Gasteiger partial charge on any atom is 0.326 e. The van der Waals surface area contributed by atoms with Crippen molar-refractivity contribution in [3.05, 3.63) is 29.0 Å². The molecular formula is C12H13ClFN3O4. The Hall–Kier alpha value is -2.35. The zero-order valence-corrected chi connectivity index (χ0v) is 11.5. The molecular weight excluding hydrogens is 305 g/mol. The van der Waals surface area contributed by atoms with Gasteiger partial charge in [0.05, 0.1) is 0 Å². The Morgan fingerprint density at radius 3 is 2.52 bits per heavy atom. The molecule has 7 nitrogen and oxygen atoms in total. The summed E-state index contributed by atoms with van der Waals surface area (Å²) in [5.41, 5.74) is 4.98. The van der Waals surface area contributed by atoms with Crippen LogP contribution in [-0.2, 0) is 9.59 Å². The number of carbonyl (C=O) groups excluding carboxylic acids is 2. The van der Waals surface area contributed by atoms with E-state index in [4.69, 9.17) is 22.4 Å². The molecule has 0 radical (unpaired) electrons. The summed E-state index contributed by atoms with van der Waals surface area (Å²) in [5.74, 6) is -2.65. The van der Waals surface area contributed by atoms with Crippen LogP contribution in [0.1, 0.15) is 12.8 Å². The second-order valence-corrected chi connectivity index (χ2v) is 4.59. The third-order valence-electron chi connectivity index (χ3n) is 2.40. The molecule has 3 amide bonds. The van der Waals surface area contributed by atoms with Crippen LogP contribution in [0, 0.1) is 5.82 Å². The average molecular weight is 318 g/mol. The van der Waals surface area contributed by atoms with Gasteiger partial charge in [-0.05, 0) is 24.6 Å². The van der Waals surface area contributed by atoms with Gasteiger partial charge in [-0.1, -0.05) is 11.6 Å². The second-order valence-electron chi connectivity index (χ2n) is 4.15. The molecule has 0 heterocycles. The predicted molar refractivity (Wildman–Crippen MR) is 73.4 cm³/mol. The van der Waals surface area contributed by atoms with E-state index in [1.165, 1.54) is 6.07 Å². The number of benzene rings is 1. The van der Waals surface area contributed by atoms with Gasteiger partial charge in [0, 0.05) is 17.1 Å². The minimum Gasteiger partial charge on any atom is -0.480 e. The molecule has 5 N–H and O–H groups in total. The minimum absolute atomic E-state index is 0.0662. The van der Waals surface area contributed by atoms with E-state index in [0.717, 1.165) is 12.1 Å². The molecule has 0 aliphatic heterocycles. The summed E-state index contributed by atoms with van der Waals surface area (Å²) in [6, 6.07) is 1.21. The average Bonchev–Trinajstić information content (AvgIpc) is 2.32. The molecule has 0 spiro atoms. The third kappa shape index (κ3) is 6.09. The van der Waals surface area contributed by atoms with Crippen LogP contribution in [0.25, 0.3) is 0 Å². The number of hydrogen-bond donors (Lipinski definition) is 4. The summed E-state index contributed by atoms with van der Waals surface area (Å²) in [5, 5.41) is 13.4. The first-order chi connectivity index (χ1) is 9.77. The largest absolute Gasteiger partial charge is 0.480 e. The minimum atomic E-state index is -1.32. The Bertz CT molecular complexity index is 547. The lowest BCUT2D eigenvalue weighted by atomic mass is 10.1. The molecule has 21 heavy (non-hydrogen) atoms. The summed E-state index contributed by atoms with van der Waals surface area (Å²) in [4.78, 5) is 33.2. The highest BCUT2D eigenvalue weighted by Crippen LogP contribution is 2.17. The standard InChI is InChI=1S/C12H13ClFN3O4/c13-6-3-7(14)5-8(4-6)16-12(21)17-9(11(19)20)1-2-10(15)18/h3-5,9H,1-2H2,(H2,15,18)(H,19,20)(H2,16,17,21). The van der Waals surface area contributed by atoms with E-state index in [9.17, 15) is 18.8 Å². The van der Waals surface area contributed by atoms with E-state index >= 15 is 0 Å². The molecule has 1 aromatic carbocycles. The molecule has 9 heteroatoms. The number of carbonyl (C=O) groups is 3. The summed E-state index contributed by atoms with van der Waals surface area (Å²) in [6.45, 7) is 0. The number of urea groups is 1. The van der Waals surface area contributed by atoms with E-state index in [1.807, 2.05) is 0 Å². The number of rotatable bonds is 6. The van der Waals surface area contributed by atoms with Crippen molar-refractivity contribution in [1.82, 2.24) is 5.32 Å². The van der Waals surface area contributed by atoms with Crippen LogP contribution < -0.4 is 16.4 Å². The number of nitrogens with two attached hydrogens (primary N) is 1. The van der Waals surface area contributed by atoms with Crippen molar-refractivity contribution < 1.29 is 23.9 Å². The lowest BCUT2D eigenvalue weighted by Gasteiger charge is -2.14. The molecule has 1 rings (SSSR count). The van der Waals surface area contributed by atoms with Gasteiger partial charge in [0.15, 0.2) is 0 Å². The summed E-state index contributed by atoms with van der Waals surface area (Å²) < 4.78 is 13.1. The smallest absolute Gasteiger partial charge is 0.326 e. The third-order valence-corrected chi connectivity index (χ3v) is 2.62. The van der Waals surface area contributed by atoms with Crippen LogP contribution in [0.15, 0.2) is 18.2 Å². The van der Waals surface area contributed by atoms with Crippen LogP contribution in [-0.4, -0.2) is 29.1 Å². The zero-order valence-electron chi connectivity index (χ0n) is 10.7. The van der Waals surface area contributed by atoms with E-state index in [2.05, 4.69) is 10.6 Å². The normalized spacial score (nSPS) is 11.5.